The lowest BCUT2D eigenvalue weighted by molar-refractivity contribution is -0.384. The molecule has 1 N–H and O–H groups in total. The van der Waals surface area contributed by atoms with Crippen molar-refractivity contribution >= 4 is 17.8 Å². The SMILES string of the molecule is O=C(NN=Cc1cn(-c2ccccc2)nc1-c1cccc([N+](=O)[O-])c1)c1ccccc1. The number of hydrazone groups is 1. The fraction of sp³-hybridized carbons (Fsp3) is 0. The van der Waals surface area contributed by atoms with E-state index in [0.29, 0.717) is 22.4 Å². The molecule has 8 heteroatoms. The zero-order valence-corrected chi connectivity index (χ0v) is 16.3. The molecule has 4 aromatic rings. The van der Waals surface area contributed by atoms with Gasteiger partial charge in [-0.3, -0.25) is 14.9 Å². The van der Waals surface area contributed by atoms with Crippen molar-refractivity contribution in [2.24, 2.45) is 5.10 Å². The predicted octanol–water partition coefficient (Wildman–Crippen LogP) is 4.21. The van der Waals surface area contributed by atoms with Gasteiger partial charge in [-0.15, -0.1) is 0 Å². The summed E-state index contributed by atoms with van der Waals surface area (Å²) >= 11 is 0. The lowest BCUT2D eigenvalue weighted by Crippen LogP contribution is -2.17. The smallest absolute Gasteiger partial charge is 0.267 e. The van der Waals surface area contributed by atoms with Crippen LogP contribution in [0, 0.1) is 10.1 Å². The third kappa shape index (κ3) is 4.54. The summed E-state index contributed by atoms with van der Waals surface area (Å²) in [6, 6.07) is 24.4. The van der Waals surface area contributed by atoms with Crippen molar-refractivity contribution in [1.29, 1.82) is 0 Å². The van der Waals surface area contributed by atoms with Crippen molar-refractivity contribution in [1.82, 2.24) is 15.2 Å². The van der Waals surface area contributed by atoms with Crippen molar-refractivity contribution in [2.75, 3.05) is 0 Å². The first kappa shape index (κ1) is 19.7. The Morgan fingerprint density at radius 1 is 1.00 bits per heavy atom. The topological polar surface area (TPSA) is 102 Å². The maximum Gasteiger partial charge on any atom is 0.271 e. The highest BCUT2D eigenvalue weighted by atomic mass is 16.6. The standard InChI is InChI=1S/C23H17N5O3/c29-23(17-8-3-1-4-9-17)25-24-15-19-16-27(20-11-5-2-6-12-20)26-22(19)18-10-7-13-21(14-18)28(30)31/h1-16H,(H,25,29). The number of carbonyl (C=O) groups is 1. The molecule has 0 aliphatic rings. The molecule has 1 amide bonds. The molecule has 0 saturated carbocycles. The fourth-order valence-electron chi connectivity index (χ4n) is 3.00. The van der Waals surface area contributed by atoms with Crippen LogP contribution < -0.4 is 5.43 Å². The molecule has 8 nitrogen and oxygen atoms in total. The molecular formula is C23H17N5O3. The number of benzene rings is 3. The molecule has 0 aliphatic heterocycles. The van der Waals surface area contributed by atoms with Gasteiger partial charge in [0.05, 0.1) is 16.8 Å². The van der Waals surface area contributed by atoms with E-state index in [2.05, 4.69) is 15.6 Å². The van der Waals surface area contributed by atoms with E-state index in [0.717, 1.165) is 5.69 Å². The number of amides is 1. The van der Waals surface area contributed by atoms with Crippen LogP contribution in [0.3, 0.4) is 0 Å². The molecule has 31 heavy (non-hydrogen) atoms. The van der Waals surface area contributed by atoms with Crippen LogP contribution in [0.1, 0.15) is 15.9 Å². The molecule has 0 radical (unpaired) electrons. The molecule has 3 aromatic carbocycles. The fourth-order valence-corrected chi connectivity index (χ4v) is 3.00. The summed E-state index contributed by atoms with van der Waals surface area (Å²) in [5.74, 6) is -0.343. The van der Waals surface area contributed by atoms with Crippen molar-refractivity contribution in [3.8, 4) is 16.9 Å². The number of aromatic nitrogens is 2. The molecule has 152 valence electrons. The van der Waals surface area contributed by atoms with Crippen LogP contribution in [0.5, 0.6) is 0 Å². The minimum absolute atomic E-state index is 0.0352. The second kappa shape index (κ2) is 8.83. The van der Waals surface area contributed by atoms with Gasteiger partial charge >= 0.3 is 0 Å². The van der Waals surface area contributed by atoms with E-state index in [9.17, 15) is 14.9 Å². The quantitative estimate of drug-likeness (QED) is 0.292. The van der Waals surface area contributed by atoms with Crippen LogP contribution in [0.15, 0.2) is 96.2 Å². The van der Waals surface area contributed by atoms with Gasteiger partial charge in [0.2, 0.25) is 0 Å². The normalized spacial score (nSPS) is 10.8. The van der Waals surface area contributed by atoms with E-state index < -0.39 is 4.92 Å². The molecule has 0 saturated heterocycles. The second-order valence-electron chi connectivity index (χ2n) is 6.59. The minimum Gasteiger partial charge on any atom is -0.267 e. The van der Waals surface area contributed by atoms with E-state index in [1.165, 1.54) is 18.3 Å². The Bertz CT molecular complexity index is 1250. The first-order valence-electron chi connectivity index (χ1n) is 9.40. The monoisotopic (exact) mass is 411 g/mol. The van der Waals surface area contributed by atoms with Gasteiger partial charge in [0, 0.05) is 35.0 Å². The van der Waals surface area contributed by atoms with Crippen molar-refractivity contribution in [3.05, 3.63) is 112 Å². The van der Waals surface area contributed by atoms with Gasteiger partial charge in [-0.1, -0.05) is 48.5 Å². The first-order valence-corrected chi connectivity index (χ1v) is 9.40. The van der Waals surface area contributed by atoms with Gasteiger partial charge in [-0.25, -0.2) is 10.1 Å². The second-order valence-corrected chi connectivity index (χ2v) is 6.59. The molecule has 0 bridgehead atoms. The molecule has 0 fully saturated rings. The van der Waals surface area contributed by atoms with Gasteiger partial charge in [0.1, 0.15) is 5.69 Å². The van der Waals surface area contributed by atoms with Crippen molar-refractivity contribution in [2.45, 2.75) is 0 Å². The van der Waals surface area contributed by atoms with Gasteiger partial charge < -0.3 is 0 Å². The molecule has 4 rings (SSSR count). The molecule has 0 atom stereocenters. The van der Waals surface area contributed by atoms with Gasteiger partial charge in [-0.05, 0) is 24.3 Å². The summed E-state index contributed by atoms with van der Waals surface area (Å²) in [5.41, 5.74) is 5.43. The lowest BCUT2D eigenvalue weighted by atomic mass is 10.1. The Balaban J connectivity index is 1.68. The number of nitro benzene ring substituents is 1. The molecule has 0 unspecified atom stereocenters. The molecular weight excluding hydrogens is 394 g/mol. The van der Waals surface area contributed by atoms with Crippen LogP contribution in [0.4, 0.5) is 5.69 Å². The predicted molar refractivity (Wildman–Crippen MR) is 117 cm³/mol. The highest BCUT2D eigenvalue weighted by molar-refractivity contribution is 5.95. The number of hydrogen-bond acceptors (Lipinski definition) is 5. The largest absolute Gasteiger partial charge is 0.271 e. The summed E-state index contributed by atoms with van der Waals surface area (Å²) in [4.78, 5) is 22.9. The zero-order chi connectivity index (χ0) is 21.6. The van der Waals surface area contributed by atoms with E-state index in [1.54, 1.807) is 47.3 Å². The Hall–Kier alpha value is -4.59. The summed E-state index contributed by atoms with van der Waals surface area (Å²) in [5, 5.41) is 19.8. The summed E-state index contributed by atoms with van der Waals surface area (Å²) in [6.07, 6.45) is 3.23. The van der Waals surface area contributed by atoms with Crippen LogP contribution in [-0.2, 0) is 0 Å². The van der Waals surface area contributed by atoms with E-state index in [1.807, 2.05) is 36.4 Å². The van der Waals surface area contributed by atoms with Gasteiger partial charge in [-0.2, -0.15) is 10.2 Å². The van der Waals surface area contributed by atoms with Gasteiger partial charge in [0.25, 0.3) is 11.6 Å². The highest BCUT2D eigenvalue weighted by Gasteiger charge is 2.14. The van der Waals surface area contributed by atoms with E-state index in [-0.39, 0.29) is 11.6 Å². The summed E-state index contributed by atoms with van der Waals surface area (Å²) in [6.45, 7) is 0. The first-order chi connectivity index (χ1) is 15.1. The van der Waals surface area contributed by atoms with Crippen LogP contribution in [0.2, 0.25) is 0 Å². The van der Waals surface area contributed by atoms with E-state index >= 15 is 0 Å². The maximum atomic E-state index is 12.2. The number of rotatable bonds is 6. The molecule has 1 heterocycles. The number of nitrogens with one attached hydrogen (secondary N) is 1. The molecule has 0 spiro atoms. The van der Waals surface area contributed by atoms with E-state index in [4.69, 9.17) is 0 Å². The lowest BCUT2D eigenvalue weighted by Gasteiger charge is -2.01. The Morgan fingerprint density at radius 3 is 2.42 bits per heavy atom. The Kier molecular flexibility index (Phi) is 5.62. The van der Waals surface area contributed by atoms with Crippen molar-refractivity contribution in [3.63, 3.8) is 0 Å². The number of para-hydroxylation sites is 1. The molecule has 1 aromatic heterocycles. The summed E-state index contributed by atoms with van der Waals surface area (Å²) < 4.78 is 1.66. The number of nitro groups is 1. The zero-order valence-electron chi connectivity index (χ0n) is 16.3. The average molecular weight is 411 g/mol. The van der Waals surface area contributed by atoms with Crippen molar-refractivity contribution < 1.29 is 9.72 Å². The Morgan fingerprint density at radius 2 is 1.71 bits per heavy atom. The third-order valence-corrected chi connectivity index (χ3v) is 4.50. The number of non-ortho nitro benzene ring substituents is 1. The number of carbonyl (C=O) groups excluding carboxylic acids is 1. The number of nitrogens with zero attached hydrogens (tertiary/aromatic N) is 4. The summed E-state index contributed by atoms with van der Waals surface area (Å²) in [7, 11) is 0. The highest BCUT2D eigenvalue weighted by Crippen LogP contribution is 2.26. The molecule has 0 aliphatic carbocycles. The van der Waals surface area contributed by atoms with Crippen LogP contribution in [0.25, 0.3) is 16.9 Å². The average Bonchev–Trinajstić information content (AvgIpc) is 3.24. The third-order valence-electron chi connectivity index (χ3n) is 4.50. The van der Waals surface area contributed by atoms with Gasteiger partial charge in [0.15, 0.2) is 0 Å². The minimum atomic E-state index is -0.453. The number of hydrogen-bond donors (Lipinski definition) is 1. The van der Waals surface area contributed by atoms with Crippen LogP contribution in [-0.4, -0.2) is 26.8 Å². The van der Waals surface area contributed by atoms with Crippen LogP contribution >= 0.6 is 0 Å². The maximum absolute atomic E-state index is 12.2. The Labute approximate surface area is 177 Å².